The van der Waals surface area contributed by atoms with Crippen molar-refractivity contribution in [3.05, 3.63) is 11.4 Å². The van der Waals surface area contributed by atoms with E-state index in [9.17, 15) is 5.11 Å². The van der Waals surface area contributed by atoms with Gasteiger partial charge in [0.25, 0.3) is 0 Å². The molecule has 0 amide bonds. The number of rotatable bonds is 5. The van der Waals surface area contributed by atoms with Crippen LogP contribution < -0.4 is 10.6 Å². The number of aliphatic hydroxyl groups excluding tert-OH is 1. The number of aromatic nitrogens is 2. The first-order valence-corrected chi connectivity index (χ1v) is 7.55. The molecule has 1 saturated carbocycles. The van der Waals surface area contributed by atoms with Gasteiger partial charge in [0.05, 0.1) is 11.5 Å². The third-order valence-corrected chi connectivity index (χ3v) is 4.24. The molecule has 0 bridgehead atoms. The van der Waals surface area contributed by atoms with Crippen molar-refractivity contribution in [1.82, 2.24) is 9.97 Å². The van der Waals surface area contributed by atoms with Gasteiger partial charge in [0, 0.05) is 13.1 Å². The van der Waals surface area contributed by atoms with E-state index in [0.717, 1.165) is 42.0 Å². The summed E-state index contributed by atoms with van der Waals surface area (Å²) in [6, 6.07) is 2.05. The normalized spacial score (nSPS) is 22.2. The fourth-order valence-electron chi connectivity index (χ4n) is 2.34. The number of fused-ring (bicyclic) bond motifs is 1. The molecule has 2 heterocycles. The van der Waals surface area contributed by atoms with Gasteiger partial charge < -0.3 is 15.7 Å². The minimum atomic E-state index is -0.101. The van der Waals surface area contributed by atoms with Crippen LogP contribution in [-0.2, 0) is 0 Å². The molecule has 0 radical (unpaired) electrons. The van der Waals surface area contributed by atoms with E-state index in [4.69, 9.17) is 0 Å². The number of aliphatic hydroxyl groups is 1. The van der Waals surface area contributed by atoms with E-state index in [-0.39, 0.29) is 6.10 Å². The van der Waals surface area contributed by atoms with Gasteiger partial charge in [-0.15, -0.1) is 11.3 Å². The Labute approximate surface area is 116 Å². The average molecular weight is 278 g/mol. The maximum Gasteiger partial charge on any atom is 0.226 e. The second-order valence-electron chi connectivity index (χ2n) is 4.94. The van der Waals surface area contributed by atoms with Crippen molar-refractivity contribution in [2.75, 3.05) is 23.7 Å². The van der Waals surface area contributed by atoms with E-state index in [0.29, 0.717) is 11.9 Å². The maximum atomic E-state index is 9.31. The third kappa shape index (κ3) is 2.64. The highest BCUT2D eigenvalue weighted by molar-refractivity contribution is 7.16. The summed E-state index contributed by atoms with van der Waals surface area (Å²) in [7, 11) is 0. The van der Waals surface area contributed by atoms with Crippen LogP contribution in [0.5, 0.6) is 0 Å². The van der Waals surface area contributed by atoms with E-state index in [1.807, 2.05) is 18.4 Å². The molecule has 1 aliphatic carbocycles. The molecule has 0 atom stereocenters. The molecule has 0 aromatic carbocycles. The van der Waals surface area contributed by atoms with Gasteiger partial charge >= 0.3 is 0 Å². The lowest BCUT2D eigenvalue weighted by Crippen LogP contribution is -2.33. The van der Waals surface area contributed by atoms with E-state index >= 15 is 0 Å². The Morgan fingerprint density at radius 3 is 2.95 bits per heavy atom. The van der Waals surface area contributed by atoms with E-state index in [1.54, 1.807) is 11.3 Å². The molecular formula is C13H18N4OS. The van der Waals surface area contributed by atoms with Gasteiger partial charge in [-0.05, 0) is 37.1 Å². The van der Waals surface area contributed by atoms with Crippen LogP contribution >= 0.6 is 11.3 Å². The van der Waals surface area contributed by atoms with Crippen LogP contribution in [0.15, 0.2) is 11.4 Å². The molecule has 2 aromatic heterocycles. The number of anilines is 2. The Morgan fingerprint density at radius 2 is 2.21 bits per heavy atom. The van der Waals surface area contributed by atoms with Crippen LogP contribution in [0.3, 0.4) is 0 Å². The fraction of sp³-hybridized carbons (Fsp3) is 0.538. The first kappa shape index (κ1) is 12.6. The Hall–Kier alpha value is -1.40. The Bertz CT molecular complexity index is 565. The van der Waals surface area contributed by atoms with Gasteiger partial charge in [0.2, 0.25) is 5.95 Å². The minimum absolute atomic E-state index is 0.101. The molecule has 1 aliphatic rings. The third-order valence-electron chi connectivity index (χ3n) is 3.43. The first-order valence-electron chi connectivity index (χ1n) is 6.67. The summed E-state index contributed by atoms with van der Waals surface area (Å²) in [5, 5.41) is 19.0. The molecule has 19 heavy (non-hydrogen) atoms. The molecule has 2 aromatic rings. The molecule has 3 N–H and O–H groups in total. The largest absolute Gasteiger partial charge is 0.393 e. The highest BCUT2D eigenvalue weighted by atomic mass is 32.1. The monoisotopic (exact) mass is 278 g/mol. The lowest BCUT2D eigenvalue weighted by Gasteiger charge is -2.31. The van der Waals surface area contributed by atoms with Gasteiger partial charge in [-0.3, -0.25) is 0 Å². The summed E-state index contributed by atoms with van der Waals surface area (Å²) in [4.78, 5) is 10.0. The highest BCUT2D eigenvalue weighted by Crippen LogP contribution is 2.30. The van der Waals surface area contributed by atoms with Gasteiger partial charge in [0.1, 0.15) is 10.6 Å². The summed E-state index contributed by atoms with van der Waals surface area (Å²) >= 11 is 1.62. The van der Waals surface area contributed by atoms with Crippen LogP contribution in [0.4, 0.5) is 11.8 Å². The smallest absolute Gasteiger partial charge is 0.226 e. The second kappa shape index (κ2) is 5.30. The van der Waals surface area contributed by atoms with Crippen molar-refractivity contribution in [3.63, 3.8) is 0 Å². The molecule has 1 fully saturated rings. The maximum absolute atomic E-state index is 9.31. The zero-order valence-corrected chi connectivity index (χ0v) is 11.7. The van der Waals surface area contributed by atoms with E-state index in [1.165, 1.54) is 0 Å². The summed E-state index contributed by atoms with van der Waals surface area (Å²) in [5.74, 6) is 2.12. The molecule has 0 aliphatic heterocycles. The molecule has 0 spiro atoms. The van der Waals surface area contributed by atoms with Crippen LogP contribution in [0.1, 0.15) is 19.8 Å². The number of thiophene rings is 1. The SMILES string of the molecule is CCNc1nc(NCC2CC(O)C2)c2ccsc2n1. The van der Waals surface area contributed by atoms with Crippen molar-refractivity contribution in [2.24, 2.45) is 5.92 Å². The Kier molecular flexibility index (Phi) is 3.52. The summed E-state index contributed by atoms with van der Waals surface area (Å²) < 4.78 is 0. The van der Waals surface area contributed by atoms with Crippen molar-refractivity contribution in [3.8, 4) is 0 Å². The van der Waals surface area contributed by atoms with E-state index in [2.05, 4.69) is 20.6 Å². The predicted molar refractivity (Wildman–Crippen MR) is 78.8 cm³/mol. The first-order chi connectivity index (χ1) is 9.26. The lowest BCUT2D eigenvalue weighted by molar-refractivity contribution is 0.0486. The Morgan fingerprint density at radius 1 is 1.37 bits per heavy atom. The summed E-state index contributed by atoms with van der Waals surface area (Å²) in [5.41, 5.74) is 0. The van der Waals surface area contributed by atoms with Crippen LogP contribution in [0.2, 0.25) is 0 Å². The molecule has 102 valence electrons. The molecule has 3 rings (SSSR count). The molecule has 6 heteroatoms. The minimum Gasteiger partial charge on any atom is -0.393 e. The van der Waals surface area contributed by atoms with Gasteiger partial charge in [0.15, 0.2) is 0 Å². The Balaban J connectivity index is 1.77. The van der Waals surface area contributed by atoms with E-state index < -0.39 is 0 Å². The predicted octanol–water partition coefficient (Wildman–Crippen LogP) is 2.31. The molecule has 0 saturated heterocycles. The number of nitrogens with one attached hydrogen (secondary N) is 2. The average Bonchev–Trinajstić information content (AvgIpc) is 2.81. The van der Waals surface area contributed by atoms with Crippen LogP contribution in [-0.4, -0.2) is 34.3 Å². The number of hydrogen-bond acceptors (Lipinski definition) is 6. The van der Waals surface area contributed by atoms with Crippen molar-refractivity contribution < 1.29 is 5.11 Å². The van der Waals surface area contributed by atoms with Crippen molar-refractivity contribution in [1.29, 1.82) is 0 Å². The molecule has 5 nitrogen and oxygen atoms in total. The summed E-state index contributed by atoms with van der Waals surface area (Å²) in [6.45, 7) is 3.71. The van der Waals surface area contributed by atoms with Gasteiger partial charge in [-0.1, -0.05) is 0 Å². The molecular weight excluding hydrogens is 260 g/mol. The standard InChI is InChI=1S/C13H18N4OS/c1-2-14-13-16-11(10-3-4-19-12(10)17-13)15-7-8-5-9(18)6-8/h3-4,8-9,18H,2,5-7H2,1H3,(H2,14,15,16,17). The van der Waals surface area contributed by atoms with Crippen molar-refractivity contribution in [2.45, 2.75) is 25.9 Å². The highest BCUT2D eigenvalue weighted by Gasteiger charge is 2.26. The zero-order valence-electron chi connectivity index (χ0n) is 10.9. The molecule has 0 unspecified atom stereocenters. The quantitative estimate of drug-likeness (QED) is 0.783. The lowest BCUT2D eigenvalue weighted by atomic mass is 9.82. The topological polar surface area (TPSA) is 70.1 Å². The van der Waals surface area contributed by atoms with Gasteiger partial charge in [-0.2, -0.15) is 4.98 Å². The van der Waals surface area contributed by atoms with Crippen LogP contribution in [0, 0.1) is 5.92 Å². The fourth-order valence-corrected chi connectivity index (χ4v) is 3.10. The number of nitrogens with zero attached hydrogens (tertiary/aromatic N) is 2. The van der Waals surface area contributed by atoms with Crippen molar-refractivity contribution >= 4 is 33.3 Å². The van der Waals surface area contributed by atoms with Gasteiger partial charge in [-0.25, -0.2) is 4.98 Å². The zero-order chi connectivity index (χ0) is 13.2. The summed E-state index contributed by atoms with van der Waals surface area (Å²) in [6.07, 6.45) is 1.69. The second-order valence-corrected chi connectivity index (χ2v) is 5.83. The number of hydrogen-bond donors (Lipinski definition) is 3. The van der Waals surface area contributed by atoms with Crippen LogP contribution in [0.25, 0.3) is 10.2 Å².